The number of carbonyl (C=O) groups excluding carboxylic acids is 1. The monoisotopic (exact) mass is 507 g/mol. The molecule has 1 saturated heterocycles. The fourth-order valence-corrected chi connectivity index (χ4v) is 3.76. The molecule has 4 rings (SSSR count). The number of hydrogen-bond acceptors (Lipinski definition) is 5. The van der Waals surface area contributed by atoms with Gasteiger partial charge in [0, 0.05) is 42.9 Å². The van der Waals surface area contributed by atoms with E-state index in [4.69, 9.17) is 4.11 Å². The van der Waals surface area contributed by atoms with Gasteiger partial charge in [0.25, 0.3) is 0 Å². The van der Waals surface area contributed by atoms with E-state index < -0.39 is 65.9 Å². The topological polar surface area (TPSA) is 74.6 Å². The van der Waals surface area contributed by atoms with Gasteiger partial charge < -0.3 is 10.6 Å². The van der Waals surface area contributed by atoms with Crippen LogP contribution in [0.2, 0.25) is 0 Å². The SMILES string of the molecule is [2H]C([2H])([2H])NC(=O)C1CN([C@H](CNc2cc(C(F)(F)F)nc3cc(C(F)(F)F)nn23)c2ccc(F)cc2)C1. The maximum Gasteiger partial charge on any atom is 0.435 e. The molecule has 1 atom stereocenters. The molecule has 35 heavy (non-hydrogen) atoms. The van der Waals surface area contributed by atoms with Gasteiger partial charge in [-0.3, -0.25) is 9.69 Å². The molecule has 0 saturated carbocycles. The van der Waals surface area contributed by atoms with Crippen molar-refractivity contribution in [3.63, 3.8) is 0 Å². The van der Waals surface area contributed by atoms with Crippen LogP contribution >= 0.6 is 0 Å². The lowest BCUT2D eigenvalue weighted by molar-refractivity contribution is -0.142. The third-order valence-corrected chi connectivity index (χ3v) is 5.58. The summed E-state index contributed by atoms with van der Waals surface area (Å²) in [7, 11) is 0. The van der Waals surface area contributed by atoms with E-state index in [0.29, 0.717) is 22.2 Å². The second-order valence-electron chi connectivity index (χ2n) is 7.91. The van der Waals surface area contributed by atoms with Crippen LogP contribution in [0, 0.1) is 11.7 Å². The van der Waals surface area contributed by atoms with Gasteiger partial charge in [-0.25, -0.2) is 9.37 Å². The second kappa shape index (κ2) is 8.98. The summed E-state index contributed by atoms with van der Waals surface area (Å²) in [6, 6.07) is 5.36. The van der Waals surface area contributed by atoms with Crippen molar-refractivity contribution in [3.05, 3.63) is 59.2 Å². The summed E-state index contributed by atoms with van der Waals surface area (Å²) in [4.78, 5) is 17.1. The summed E-state index contributed by atoms with van der Waals surface area (Å²) < 4.78 is 115. The van der Waals surface area contributed by atoms with Gasteiger partial charge in [0.2, 0.25) is 5.91 Å². The van der Waals surface area contributed by atoms with E-state index in [1.54, 1.807) is 4.90 Å². The molecule has 1 amide bonds. The predicted molar refractivity (Wildman–Crippen MR) is 110 cm³/mol. The van der Waals surface area contributed by atoms with Crippen LogP contribution in [0.5, 0.6) is 0 Å². The Hall–Kier alpha value is -3.42. The van der Waals surface area contributed by atoms with Crippen LogP contribution in [-0.4, -0.2) is 52.0 Å². The van der Waals surface area contributed by atoms with Crippen LogP contribution in [0.25, 0.3) is 5.65 Å². The van der Waals surface area contributed by atoms with E-state index in [1.807, 2.05) is 5.32 Å². The zero-order chi connectivity index (χ0) is 28.0. The molecule has 1 aliphatic heterocycles. The summed E-state index contributed by atoms with van der Waals surface area (Å²) in [5, 5.41) is 7.92. The Morgan fingerprint density at radius 3 is 2.37 bits per heavy atom. The van der Waals surface area contributed by atoms with Gasteiger partial charge in [0.05, 0.1) is 12.0 Å². The van der Waals surface area contributed by atoms with Crippen LogP contribution in [0.4, 0.5) is 36.6 Å². The molecule has 0 unspecified atom stereocenters. The van der Waals surface area contributed by atoms with Crippen molar-refractivity contribution in [2.24, 2.45) is 5.92 Å². The minimum absolute atomic E-state index is 0.0746. The predicted octanol–water partition coefficient (Wildman–Crippen LogP) is 3.74. The summed E-state index contributed by atoms with van der Waals surface area (Å²) in [5.41, 5.74) is -3.07. The highest BCUT2D eigenvalue weighted by Crippen LogP contribution is 2.34. The number of rotatable bonds is 6. The molecule has 3 aromatic rings. The molecule has 0 bridgehead atoms. The van der Waals surface area contributed by atoms with Gasteiger partial charge in [0.15, 0.2) is 17.0 Å². The quantitative estimate of drug-likeness (QED) is 0.498. The summed E-state index contributed by atoms with van der Waals surface area (Å²) in [6.45, 7) is -2.72. The van der Waals surface area contributed by atoms with Crippen molar-refractivity contribution in [2.45, 2.75) is 18.4 Å². The fraction of sp³-hybridized carbons (Fsp3) is 0.381. The number of nitrogens with zero attached hydrogens (tertiary/aromatic N) is 4. The number of fused-ring (bicyclic) bond motifs is 1. The number of likely N-dealkylation sites (tertiary alicyclic amines) is 1. The molecule has 3 heterocycles. The van der Waals surface area contributed by atoms with E-state index in [-0.39, 0.29) is 19.6 Å². The Kier molecular flexibility index (Phi) is 5.37. The summed E-state index contributed by atoms with van der Waals surface area (Å²) in [5.74, 6) is -2.39. The van der Waals surface area contributed by atoms with Gasteiger partial charge in [-0.05, 0) is 17.7 Å². The van der Waals surface area contributed by atoms with Gasteiger partial charge in [-0.15, -0.1) is 0 Å². The Morgan fingerprint density at radius 2 is 1.77 bits per heavy atom. The molecular weight excluding hydrogens is 485 g/mol. The average molecular weight is 507 g/mol. The number of anilines is 1. The standard InChI is InChI=1S/C21H19F7N6O/c1-29-19(35)12-9-33(10-12)14(11-2-4-13(22)5-3-11)8-30-17-6-15(20(23,24)25)31-18-7-16(21(26,27)28)32-34(17)18/h2-7,12,14,30H,8-10H2,1H3,(H,29,35)/t14-/m1/s1/i1D3. The largest absolute Gasteiger partial charge is 0.435 e. The zero-order valence-corrected chi connectivity index (χ0v) is 17.6. The molecule has 188 valence electrons. The highest BCUT2D eigenvalue weighted by Gasteiger charge is 2.39. The second-order valence-corrected chi connectivity index (χ2v) is 7.91. The van der Waals surface area contributed by atoms with Crippen molar-refractivity contribution >= 4 is 17.4 Å². The van der Waals surface area contributed by atoms with Crippen LogP contribution in [-0.2, 0) is 17.1 Å². The molecular formula is C21H19F7N6O. The third kappa shape index (κ3) is 5.16. The fourth-order valence-electron chi connectivity index (χ4n) is 3.76. The smallest absolute Gasteiger partial charge is 0.368 e. The molecule has 14 heteroatoms. The molecule has 0 spiro atoms. The number of halogens is 7. The maximum absolute atomic E-state index is 13.5. The number of aromatic nitrogens is 3. The lowest BCUT2D eigenvalue weighted by atomic mass is 9.93. The Morgan fingerprint density at radius 1 is 1.11 bits per heavy atom. The Bertz CT molecular complexity index is 1320. The first kappa shape index (κ1) is 20.9. The molecule has 7 nitrogen and oxygen atoms in total. The lowest BCUT2D eigenvalue weighted by Gasteiger charge is -2.43. The van der Waals surface area contributed by atoms with Crippen LogP contribution in [0.3, 0.4) is 0 Å². The van der Waals surface area contributed by atoms with Crippen molar-refractivity contribution < 1.29 is 39.6 Å². The molecule has 1 fully saturated rings. The molecule has 0 radical (unpaired) electrons. The minimum Gasteiger partial charge on any atom is -0.368 e. The van der Waals surface area contributed by atoms with Crippen LogP contribution in [0.1, 0.15) is 27.1 Å². The Balaban J connectivity index is 1.62. The average Bonchev–Trinajstić information content (AvgIpc) is 3.19. The first-order valence-electron chi connectivity index (χ1n) is 11.6. The molecule has 2 N–H and O–H groups in total. The lowest BCUT2D eigenvalue weighted by Crippen LogP contribution is -2.55. The van der Waals surface area contributed by atoms with E-state index in [0.717, 1.165) is 12.1 Å². The van der Waals surface area contributed by atoms with Crippen LogP contribution in [0.15, 0.2) is 36.4 Å². The minimum atomic E-state index is -4.96. The van der Waals surface area contributed by atoms with E-state index in [2.05, 4.69) is 15.4 Å². The molecule has 2 aromatic heterocycles. The van der Waals surface area contributed by atoms with Gasteiger partial charge >= 0.3 is 12.4 Å². The maximum atomic E-state index is 13.5. The summed E-state index contributed by atoms with van der Waals surface area (Å²) in [6.07, 6.45) is -9.89. The van der Waals surface area contributed by atoms with E-state index >= 15 is 0 Å². The van der Waals surface area contributed by atoms with Crippen molar-refractivity contribution in [2.75, 3.05) is 31.9 Å². The highest BCUT2D eigenvalue weighted by atomic mass is 19.4. The van der Waals surface area contributed by atoms with E-state index in [9.17, 15) is 35.5 Å². The zero-order valence-electron chi connectivity index (χ0n) is 20.6. The third-order valence-electron chi connectivity index (χ3n) is 5.58. The van der Waals surface area contributed by atoms with Gasteiger partial charge in [-0.2, -0.15) is 36.0 Å². The highest BCUT2D eigenvalue weighted by molar-refractivity contribution is 5.79. The first-order chi connectivity index (χ1) is 17.5. The van der Waals surface area contributed by atoms with E-state index in [1.165, 1.54) is 12.1 Å². The van der Waals surface area contributed by atoms with Crippen LogP contribution < -0.4 is 10.6 Å². The molecule has 1 aromatic carbocycles. The number of carbonyl (C=O) groups is 1. The van der Waals surface area contributed by atoms with Crippen molar-refractivity contribution in [1.82, 2.24) is 24.8 Å². The number of nitrogens with one attached hydrogen (secondary N) is 2. The first-order valence-corrected chi connectivity index (χ1v) is 10.1. The van der Waals surface area contributed by atoms with Crippen molar-refractivity contribution in [1.29, 1.82) is 0 Å². The van der Waals surface area contributed by atoms with Crippen molar-refractivity contribution in [3.8, 4) is 0 Å². The summed E-state index contributed by atoms with van der Waals surface area (Å²) >= 11 is 0. The van der Waals surface area contributed by atoms with Gasteiger partial charge in [0.1, 0.15) is 11.6 Å². The number of alkyl halides is 6. The number of hydrogen-bond donors (Lipinski definition) is 2. The normalized spacial score (nSPS) is 17.9. The molecule has 1 aliphatic rings. The van der Waals surface area contributed by atoms with Gasteiger partial charge in [-0.1, -0.05) is 12.1 Å². The number of amides is 1. The molecule has 0 aliphatic carbocycles. The Labute approximate surface area is 198 Å². The number of benzene rings is 1.